The van der Waals surface area contributed by atoms with Crippen LogP contribution < -0.4 is 5.32 Å². The topological polar surface area (TPSA) is 72.5 Å². The Balaban J connectivity index is 2.25. The number of Topliss-reactive ketones (excluding diaryl/α,β-unsaturated/α-hetero) is 1. The molecule has 1 rings (SSSR count). The van der Waals surface area contributed by atoms with Gasteiger partial charge in [0.25, 0.3) is 5.91 Å². The highest BCUT2D eigenvalue weighted by Gasteiger charge is 2.08. The summed E-state index contributed by atoms with van der Waals surface area (Å²) in [6.45, 7) is 1.06. The highest BCUT2D eigenvalue weighted by molar-refractivity contribution is 5.92. The molecule has 0 bridgehead atoms. The zero-order chi connectivity index (χ0) is 13.4. The third kappa shape index (κ3) is 5.79. The number of nitrogens with one attached hydrogen (secondary N) is 1. The standard InChI is InChI=1S/C13H15NO4/c1-10(15)7-8-13(17)18-9-12(16)14-11-5-3-2-4-6-11/h2-6H,7-9H2,1H3,(H,14,16). The van der Waals surface area contributed by atoms with Crippen LogP contribution in [-0.4, -0.2) is 24.3 Å². The molecule has 0 aliphatic rings. The van der Waals surface area contributed by atoms with Crippen LogP contribution >= 0.6 is 0 Å². The van der Waals surface area contributed by atoms with Gasteiger partial charge >= 0.3 is 5.97 Å². The molecule has 1 amide bonds. The van der Waals surface area contributed by atoms with Crippen LogP contribution in [0.1, 0.15) is 19.8 Å². The maximum Gasteiger partial charge on any atom is 0.306 e. The van der Waals surface area contributed by atoms with Crippen molar-refractivity contribution in [2.75, 3.05) is 11.9 Å². The minimum absolute atomic E-state index is 0.00789. The van der Waals surface area contributed by atoms with Gasteiger partial charge in [-0.15, -0.1) is 0 Å². The number of esters is 1. The van der Waals surface area contributed by atoms with E-state index in [-0.39, 0.29) is 25.2 Å². The largest absolute Gasteiger partial charge is 0.456 e. The number of hydrogen-bond donors (Lipinski definition) is 1. The molecule has 0 heterocycles. The molecule has 0 fully saturated rings. The van der Waals surface area contributed by atoms with E-state index in [4.69, 9.17) is 4.74 Å². The summed E-state index contributed by atoms with van der Waals surface area (Å²) in [5.41, 5.74) is 0.641. The monoisotopic (exact) mass is 249 g/mol. The van der Waals surface area contributed by atoms with E-state index < -0.39 is 11.9 Å². The fourth-order valence-electron chi connectivity index (χ4n) is 1.21. The first-order valence-corrected chi connectivity index (χ1v) is 5.58. The van der Waals surface area contributed by atoms with Gasteiger partial charge in [0.15, 0.2) is 6.61 Å². The molecule has 0 spiro atoms. The number of ketones is 1. The van der Waals surface area contributed by atoms with Crippen LogP contribution in [0.5, 0.6) is 0 Å². The molecular formula is C13H15NO4. The van der Waals surface area contributed by atoms with Crippen molar-refractivity contribution < 1.29 is 19.1 Å². The van der Waals surface area contributed by atoms with Crippen LogP contribution in [0.3, 0.4) is 0 Å². The van der Waals surface area contributed by atoms with Gasteiger partial charge in [0.05, 0.1) is 6.42 Å². The average Bonchev–Trinajstić information content (AvgIpc) is 2.35. The molecule has 0 unspecified atom stereocenters. The van der Waals surface area contributed by atoms with E-state index in [0.717, 1.165) is 0 Å². The van der Waals surface area contributed by atoms with Gasteiger partial charge in [-0.05, 0) is 19.1 Å². The number of ether oxygens (including phenoxy) is 1. The Bertz CT molecular complexity index is 428. The molecule has 1 aromatic rings. The molecule has 0 aromatic heterocycles. The fourth-order valence-corrected chi connectivity index (χ4v) is 1.21. The van der Waals surface area contributed by atoms with Crippen molar-refractivity contribution in [2.24, 2.45) is 0 Å². The van der Waals surface area contributed by atoms with Crippen molar-refractivity contribution in [3.05, 3.63) is 30.3 Å². The Morgan fingerprint density at radius 2 is 1.78 bits per heavy atom. The summed E-state index contributed by atoms with van der Waals surface area (Å²) in [6, 6.07) is 8.87. The minimum atomic E-state index is -0.548. The number of carbonyl (C=O) groups is 3. The Labute approximate surface area is 105 Å². The second-order valence-electron chi connectivity index (χ2n) is 3.78. The van der Waals surface area contributed by atoms with Crippen LogP contribution in [0.25, 0.3) is 0 Å². The summed E-state index contributed by atoms with van der Waals surface area (Å²) >= 11 is 0. The van der Waals surface area contributed by atoms with Crippen LogP contribution in [-0.2, 0) is 19.1 Å². The summed E-state index contributed by atoms with van der Waals surface area (Å²) in [6.07, 6.45) is 0.146. The number of benzene rings is 1. The number of carbonyl (C=O) groups excluding carboxylic acids is 3. The van der Waals surface area contributed by atoms with Gasteiger partial charge in [0.2, 0.25) is 0 Å². The lowest BCUT2D eigenvalue weighted by molar-refractivity contribution is -0.148. The molecule has 0 aliphatic heterocycles. The van der Waals surface area contributed by atoms with Crippen molar-refractivity contribution in [3.8, 4) is 0 Å². The summed E-state index contributed by atoms with van der Waals surface area (Å²) in [4.78, 5) is 33.2. The van der Waals surface area contributed by atoms with E-state index in [1.807, 2.05) is 6.07 Å². The third-order valence-electron chi connectivity index (χ3n) is 2.10. The highest BCUT2D eigenvalue weighted by Crippen LogP contribution is 2.04. The molecule has 1 aromatic carbocycles. The van der Waals surface area contributed by atoms with Crippen LogP contribution in [0, 0.1) is 0 Å². The molecular weight excluding hydrogens is 234 g/mol. The fraction of sp³-hybridized carbons (Fsp3) is 0.308. The maximum absolute atomic E-state index is 11.4. The van der Waals surface area contributed by atoms with E-state index >= 15 is 0 Å². The van der Waals surface area contributed by atoms with E-state index in [9.17, 15) is 14.4 Å². The number of hydrogen-bond acceptors (Lipinski definition) is 4. The predicted molar refractivity (Wildman–Crippen MR) is 65.9 cm³/mol. The SMILES string of the molecule is CC(=O)CCC(=O)OCC(=O)Nc1ccccc1. The number of rotatable bonds is 6. The zero-order valence-electron chi connectivity index (χ0n) is 10.1. The Hall–Kier alpha value is -2.17. The van der Waals surface area contributed by atoms with Gasteiger partial charge in [0, 0.05) is 12.1 Å². The first-order valence-electron chi connectivity index (χ1n) is 5.58. The van der Waals surface area contributed by atoms with E-state index in [0.29, 0.717) is 5.69 Å². The molecule has 0 saturated carbocycles. The molecule has 5 heteroatoms. The van der Waals surface area contributed by atoms with Crippen molar-refractivity contribution in [2.45, 2.75) is 19.8 Å². The lowest BCUT2D eigenvalue weighted by Gasteiger charge is -2.05. The third-order valence-corrected chi connectivity index (χ3v) is 2.10. The number of anilines is 1. The van der Waals surface area contributed by atoms with Gasteiger partial charge in [-0.25, -0.2) is 0 Å². The summed E-state index contributed by atoms with van der Waals surface area (Å²) in [5, 5.41) is 2.58. The van der Waals surface area contributed by atoms with Crippen molar-refractivity contribution in [1.82, 2.24) is 0 Å². The van der Waals surface area contributed by atoms with E-state index in [2.05, 4.69) is 5.32 Å². The van der Waals surface area contributed by atoms with Gasteiger partial charge in [-0.2, -0.15) is 0 Å². The molecule has 18 heavy (non-hydrogen) atoms. The van der Waals surface area contributed by atoms with E-state index in [1.165, 1.54) is 6.92 Å². The van der Waals surface area contributed by atoms with Crippen molar-refractivity contribution in [3.63, 3.8) is 0 Å². The minimum Gasteiger partial charge on any atom is -0.456 e. The first kappa shape index (κ1) is 13.9. The second kappa shape index (κ2) is 7.21. The molecule has 5 nitrogen and oxygen atoms in total. The Kier molecular flexibility index (Phi) is 5.57. The highest BCUT2D eigenvalue weighted by atomic mass is 16.5. The number of para-hydroxylation sites is 1. The van der Waals surface area contributed by atoms with Gasteiger partial charge < -0.3 is 14.8 Å². The van der Waals surface area contributed by atoms with Crippen LogP contribution in [0.15, 0.2) is 30.3 Å². The summed E-state index contributed by atoms with van der Waals surface area (Å²) in [7, 11) is 0. The lowest BCUT2D eigenvalue weighted by Crippen LogP contribution is -2.20. The van der Waals surface area contributed by atoms with Crippen LogP contribution in [0.2, 0.25) is 0 Å². The maximum atomic E-state index is 11.4. The first-order chi connectivity index (χ1) is 8.58. The normalized spacial score (nSPS) is 9.61. The molecule has 96 valence electrons. The molecule has 0 radical (unpaired) electrons. The average molecular weight is 249 g/mol. The second-order valence-corrected chi connectivity index (χ2v) is 3.78. The van der Waals surface area contributed by atoms with Gasteiger partial charge in [0.1, 0.15) is 5.78 Å². The molecule has 0 saturated heterocycles. The summed E-state index contributed by atoms with van der Waals surface area (Å²) in [5.74, 6) is -1.04. The predicted octanol–water partition coefficient (Wildman–Crippen LogP) is 1.54. The zero-order valence-corrected chi connectivity index (χ0v) is 10.1. The molecule has 0 atom stereocenters. The molecule has 1 N–H and O–H groups in total. The molecule has 0 aliphatic carbocycles. The van der Waals surface area contributed by atoms with E-state index in [1.54, 1.807) is 24.3 Å². The van der Waals surface area contributed by atoms with Crippen molar-refractivity contribution >= 4 is 23.3 Å². The quantitative estimate of drug-likeness (QED) is 0.776. The lowest BCUT2D eigenvalue weighted by atomic mass is 10.2. The number of amides is 1. The van der Waals surface area contributed by atoms with Crippen LogP contribution in [0.4, 0.5) is 5.69 Å². The smallest absolute Gasteiger partial charge is 0.306 e. The Morgan fingerprint density at radius 3 is 2.39 bits per heavy atom. The Morgan fingerprint density at radius 1 is 1.11 bits per heavy atom. The van der Waals surface area contributed by atoms with Gasteiger partial charge in [-0.3, -0.25) is 9.59 Å². The van der Waals surface area contributed by atoms with Gasteiger partial charge in [-0.1, -0.05) is 18.2 Å². The summed E-state index contributed by atoms with van der Waals surface area (Å²) < 4.78 is 4.72. The van der Waals surface area contributed by atoms with Crippen molar-refractivity contribution in [1.29, 1.82) is 0 Å².